The predicted octanol–water partition coefficient (Wildman–Crippen LogP) is 3.24. The Balaban J connectivity index is 2.40. The van der Waals surface area contributed by atoms with E-state index in [0.29, 0.717) is 16.9 Å². The lowest BCUT2D eigenvalue weighted by Crippen LogP contribution is -2.04. The molecule has 2 rings (SSSR count). The average molecular weight is 256 g/mol. The van der Waals surface area contributed by atoms with Crippen LogP contribution in [0.5, 0.6) is 11.5 Å². The van der Waals surface area contributed by atoms with E-state index < -0.39 is 0 Å². The SMILES string of the molecule is COc1ccc(C(=O)c2cc(C)ccc2OC)cc1. The summed E-state index contributed by atoms with van der Waals surface area (Å²) in [6.45, 7) is 1.95. The molecule has 0 aliphatic carbocycles. The van der Waals surface area contributed by atoms with Gasteiger partial charge in [0.05, 0.1) is 19.8 Å². The number of ether oxygens (including phenoxy) is 2. The van der Waals surface area contributed by atoms with Crippen LogP contribution in [-0.4, -0.2) is 20.0 Å². The van der Waals surface area contributed by atoms with Crippen molar-refractivity contribution < 1.29 is 14.3 Å². The Morgan fingerprint density at radius 3 is 2.21 bits per heavy atom. The first-order chi connectivity index (χ1) is 9.15. The average Bonchev–Trinajstić information content (AvgIpc) is 2.46. The minimum Gasteiger partial charge on any atom is -0.497 e. The molecule has 0 aliphatic heterocycles. The Morgan fingerprint density at radius 2 is 1.63 bits per heavy atom. The van der Waals surface area contributed by atoms with Crippen molar-refractivity contribution in [2.24, 2.45) is 0 Å². The van der Waals surface area contributed by atoms with Crippen LogP contribution in [-0.2, 0) is 0 Å². The Bertz CT molecular complexity index is 585. The molecule has 0 unspecified atom stereocenters. The summed E-state index contributed by atoms with van der Waals surface area (Å²) in [6.07, 6.45) is 0. The Hall–Kier alpha value is -2.29. The molecule has 2 aromatic carbocycles. The van der Waals surface area contributed by atoms with Gasteiger partial charge in [0.15, 0.2) is 5.78 Å². The minimum atomic E-state index is -0.0526. The van der Waals surface area contributed by atoms with E-state index in [0.717, 1.165) is 11.3 Å². The second-order valence-electron chi connectivity index (χ2n) is 4.26. The molecule has 0 fully saturated rings. The van der Waals surface area contributed by atoms with Crippen LogP contribution < -0.4 is 9.47 Å². The number of aryl methyl sites for hydroxylation is 1. The van der Waals surface area contributed by atoms with E-state index >= 15 is 0 Å². The number of benzene rings is 2. The molecule has 3 heteroatoms. The third-order valence-corrected chi connectivity index (χ3v) is 2.95. The zero-order chi connectivity index (χ0) is 13.8. The van der Waals surface area contributed by atoms with E-state index in [2.05, 4.69) is 0 Å². The molecule has 0 aromatic heterocycles. The number of carbonyl (C=O) groups excluding carboxylic acids is 1. The normalized spacial score (nSPS) is 10.1. The van der Waals surface area contributed by atoms with Crippen molar-refractivity contribution in [3.63, 3.8) is 0 Å². The third-order valence-electron chi connectivity index (χ3n) is 2.95. The molecule has 2 aromatic rings. The molecular formula is C16H16O3. The molecule has 0 aliphatic rings. The largest absolute Gasteiger partial charge is 0.497 e. The van der Waals surface area contributed by atoms with Gasteiger partial charge >= 0.3 is 0 Å². The molecule has 98 valence electrons. The van der Waals surface area contributed by atoms with E-state index in [1.54, 1.807) is 38.5 Å². The number of ketones is 1. The molecule has 0 saturated heterocycles. The highest BCUT2D eigenvalue weighted by Crippen LogP contribution is 2.23. The van der Waals surface area contributed by atoms with Crippen molar-refractivity contribution in [1.29, 1.82) is 0 Å². The topological polar surface area (TPSA) is 35.5 Å². The molecule has 0 amide bonds. The number of carbonyl (C=O) groups is 1. The number of methoxy groups -OCH3 is 2. The maximum Gasteiger partial charge on any atom is 0.196 e. The fourth-order valence-corrected chi connectivity index (χ4v) is 1.90. The number of hydrogen-bond acceptors (Lipinski definition) is 3. The van der Waals surface area contributed by atoms with Gasteiger partial charge in [0.2, 0.25) is 0 Å². The first-order valence-electron chi connectivity index (χ1n) is 5.99. The summed E-state index contributed by atoms with van der Waals surface area (Å²) in [5, 5.41) is 0. The lowest BCUT2D eigenvalue weighted by Gasteiger charge is -2.09. The van der Waals surface area contributed by atoms with Crippen LogP contribution >= 0.6 is 0 Å². The zero-order valence-electron chi connectivity index (χ0n) is 11.3. The summed E-state index contributed by atoms with van der Waals surface area (Å²) >= 11 is 0. The van der Waals surface area contributed by atoms with Crippen LogP contribution in [0.4, 0.5) is 0 Å². The van der Waals surface area contributed by atoms with Crippen LogP contribution in [0.25, 0.3) is 0 Å². The van der Waals surface area contributed by atoms with Gasteiger partial charge in [-0.05, 0) is 43.3 Å². The van der Waals surface area contributed by atoms with Gasteiger partial charge in [-0.1, -0.05) is 11.6 Å². The van der Waals surface area contributed by atoms with Crippen LogP contribution in [0, 0.1) is 6.92 Å². The number of rotatable bonds is 4. The second-order valence-corrected chi connectivity index (χ2v) is 4.26. The van der Waals surface area contributed by atoms with Gasteiger partial charge < -0.3 is 9.47 Å². The van der Waals surface area contributed by atoms with Gasteiger partial charge in [-0.25, -0.2) is 0 Å². The Morgan fingerprint density at radius 1 is 0.947 bits per heavy atom. The zero-order valence-corrected chi connectivity index (χ0v) is 11.3. The third kappa shape index (κ3) is 2.76. The summed E-state index contributed by atoms with van der Waals surface area (Å²) in [4.78, 5) is 12.5. The maximum atomic E-state index is 12.5. The highest BCUT2D eigenvalue weighted by Gasteiger charge is 2.14. The quantitative estimate of drug-likeness (QED) is 0.788. The van der Waals surface area contributed by atoms with E-state index in [1.807, 2.05) is 25.1 Å². The van der Waals surface area contributed by atoms with E-state index in [-0.39, 0.29) is 5.78 Å². The molecule has 0 saturated carbocycles. The minimum absolute atomic E-state index is 0.0526. The van der Waals surface area contributed by atoms with Crippen molar-refractivity contribution in [2.75, 3.05) is 14.2 Å². The lowest BCUT2D eigenvalue weighted by molar-refractivity contribution is 0.103. The smallest absolute Gasteiger partial charge is 0.196 e. The van der Waals surface area contributed by atoms with Gasteiger partial charge in [0, 0.05) is 5.56 Å². The van der Waals surface area contributed by atoms with Gasteiger partial charge in [0.1, 0.15) is 11.5 Å². The first kappa shape index (κ1) is 13.1. The summed E-state index contributed by atoms with van der Waals surface area (Å²) in [5.41, 5.74) is 2.22. The summed E-state index contributed by atoms with van der Waals surface area (Å²) < 4.78 is 10.3. The summed E-state index contributed by atoms with van der Waals surface area (Å²) in [7, 11) is 3.16. The van der Waals surface area contributed by atoms with E-state index in [4.69, 9.17) is 9.47 Å². The Labute approximate surface area is 112 Å². The van der Waals surface area contributed by atoms with Crippen molar-refractivity contribution in [3.05, 3.63) is 59.2 Å². The van der Waals surface area contributed by atoms with Crippen LogP contribution in [0.3, 0.4) is 0 Å². The van der Waals surface area contributed by atoms with Crippen molar-refractivity contribution >= 4 is 5.78 Å². The molecule has 0 spiro atoms. The van der Waals surface area contributed by atoms with Gasteiger partial charge in [0.25, 0.3) is 0 Å². The highest BCUT2D eigenvalue weighted by molar-refractivity contribution is 6.10. The lowest BCUT2D eigenvalue weighted by atomic mass is 10.0. The van der Waals surface area contributed by atoms with Crippen LogP contribution in [0.1, 0.15) is 21.5 Å². The standard InChI is InChI=1S/C16H16O3/c1-11-4-9-15(19-3)14(10-11)16(17)12-5-7-13(18-2)8-6-12/h4-10H,1-3H3. The monoisotopic (exact) mass is 256 g/mol. The number of hydrogen-bond donors (Lipinski definition) is 0. The second kappa shape index (κ2) is 5.57. The molecular weight excluding hydrogens is 240 g/mol. The Kier molecular flexibility index (Phi) is 3.85. The molecule has 3 nitrogen and oxygen atoms in total. The van der Waals surface area contributed by atoms with Crippen molar-refractivity contribution in [1.82, 2.24) is 0 Å². The summed E-state index contributed by atoms with van der Waals surface area (Å²) in [5.74, 6) is 1.27. The fourth-order valence-electron chi connectivity index (χ4n) is 1.90. The molecule has 0 atom stereocenters. The summed E-state index contributed by atoms with van der Waals surface area (Å²) in [6, 6.07) is 12.6. The van der Waals surface area contributed by atoms with Crippen LogP contribution in [0.15, 0.2) is 42.5 Å². The molecule has 0 N–H and O–H groups in total. The maximum absolute atomic E-state index is 12.5. The van der Waals surface area contributed by atoms with Gasteiger partial charge in [-0.2, -0.15) is 0 Å². The van der Waals surface area contributed by atoms with Crippen molar-refractivity contribution in [3.8, 4) is 11.5 Å². The van der Waals surface area contributed by atoms with E-state index in [9.17, 15) is 4.79 Å². The molecule has 0 radical (unpaired) electrons. The fraction of sp³-hybridized carbons (Fsp3) is 0.188. The first-order valence-corrected chi connectivity index (χ1v) is 5.99. The van der Waals surface area contributed by atoms with Crippen molar-refractivity contribution in [2.45, 2.75) is 6.92 Å². The molecule has 19 heavy (non-hydrogen) atoms. The van der Waals surface area contributed by atoms with Crippen LogP contribution in [0.2, 0.25) is 0 Å². The van der Waals surface area contributed by atoms with E-state index in [1.165, 1.54) is 0 Å². The highest BCUT2D eigenvalue weighted by atomic mass is 16.5. The van der Waals surface area contributed by atoms with Gasteiger partial charge in [-0.3, -0.25) is 4.79 Å². The predicted molar refractivity (Wildman–Crippen MR) is 74.2 cm³/mol. The molecule has 0 heterocycles. The van der Waals surface area contributed by atoms with Gasteiger partial charge in [-0.15, -0.1) is 0 Å². The molecule has 0 bridgehead atoms.